The van der Waals surface area contributed by atoms with Gasteiger partial charge < -0.3 is 14.2 Å². The SMILES string of the molecule is COc1ccc(C(=O)COC(=O)[C@H](Cc2ccccc2)n2cnnn2)cc1OC. The Balaban J connectivity index is 1.69. The van der Waals surface area contributed by atoms with Gasteiger partial charge in [-0.1, -0.05) is 30.3 Å². The number of ether oxygens (including phenoxy) is 3. The molecule has 0 aliphatic heterocycles. The lowest BCUT2D eigenvalue weighted by Crippen LogP contribution is -2.26. The van der Waals surface area contributed by atoms with Crippen molar-refractivity contribution in [1.29, 1.82) is 0 Å². The van der Waals surface area contributed by atoms with Crippen LogP contribution in [0.25, 0.3) is 0 Å². The lowest BCUT2D eigenvalue weighted by atomic mass is 10.1. The molecule has 9 nitrogen and oxygen atoms in total. The fourth-order valence-electron chi connectivity index (χ4n) is 2.76. The van der Waals surface area contributed by atoms with Crippen molar-refractivity contribution in [3.05, 3.63) is 66.0 Å². The second-order valence-electron chi connectivity index (χ2n) is 6.10. The number of esters is 1. The smallest absolute Gasteiger partial charge is 0.331 e. The first-order valence-electron chi connectivity index (χ1n) is 8.80. The average Bonchev–Trinajstić information content (AvgIpc) is 3.30. The third kappa shape index (κ3) is 4.95. The predicted molar refractivity (Wildman–Crippen MR) is 102 cm³/mol. The van der Waals surface area contributed by atoms with Gasteiger partial charge in [-0.3, -0.25) is 4.79 Å². The number of ketones is 1. The van der Waals surface area contributed by atoms with Gasteiger partial charge in [-0.15, -0.1) is 5.10 Å². The van der Waals surface area contributed by atoms with Crippen molar-refractivity contribution in [1.82, 2.24) is 20.2 Å². The van der Waals surface area contributed by atoms with E-state index in [0.717, 1.165) is 5.56 Å². The summed E-state index contributed by atoms with van der Waals surface area (Å²) in [7, 11) is 2.99. The number of aromatic nitrogens is 4. The van der Waals surface area contributed by atoms with Crippen molar-refractivity contribution in [2.45, 2.75) is 12.5 Å². The van der Waals surface area contributed by atoms with Crippen LogP contribution in [0.4, 0.5) is 0 Å². The third-order valence-corrected chi connectivity index (χ3v) is 4.28. The van der Waals surface area contributed by atoms with Gasteiger partial charge in [-0.05, 0) is 34.2 Å². The first-order valence-corrected chi connectivity index (χ1v) is 8.80. The molecule has 0 spiro atoms. The van der Waals surface area contributed by atoms with Gasteiger partial charge in [0.15, 0.2) is 29.9 Å². The van der Waals surface area contributed by atoms with Gasteiger partial charge in [-0.2, -0.15) is 0 Å². The summed E-state index contributed by atoms with van der Waals surface area (Å²) < 4.78 is 16.9. The summed E-state index contributed by atoms with van der Waals surface area (Å²) in [6.07, 6.45) is 1.67. The molecule has 0 radical (unpaired) electrons. The highest BCUT2D eigenvalue weighted by molar-refractivity contribution is 5.98. The van der Waals surface area contributed by atoms with Crippen LogP contribution in [0.3, 0.4) is 0 Å². The highest BCUT2D eigenvalue weighted by atomic mass is 16.5. The third-order valence-electron chi connectivity index (χ3n) is 4.28. The minimum absolute atomic E-state index is 0.329. The molecule has 3 rings (SSSR count). The van der Waals surface area contributed by atoms with Crippen molar-refractivity contribution >= 4 is 11.8 Å². The first kappa shape index (κ1) is 20.0. The Morgan fingerprint density at radius 3 is 2.45 bits per heavy atom. The maximum atomic E-state index is 12.7. The Morgan fingerprint density at radius 1 is 1.03 bits per heavy atom. The topological polar surface area (TPSA) is 105 Å². The number of methoxy groups -OCH3 is 2. The molecule has 0 fully saturated rings. The predicted octanol–water partition coefficient (Wildman–Crippen LogP) is 1.90. The van der Waals surface area contributed by atoms with Crippen LogP contribution in [-0.2, 0) is 16.0 Å². The standard InChI is InChI=1S/C20H20N4O5/c1-27-18-9-8-15(11-19(18)28-2)17(25)12-29-20(26)16(24-13-21-22-23-24)10-14-6-4-3-5-7-14/h3-9,11,13,16H,10,12H2,1-2H3/t16-/m0/s1. The van der Waals surface area contributed by atoms with Crippen LogP contribution in [0.15, 0.2) is 54.9 Å². The van der Waals surface area contributed by atoms with Gasteiger partial charge in [0.1, 0.15) is 6.33 Å². The van der Waals surface area contributed by atoms with Crippen LogP contribution in [0.5, 0.6) is 11.5 Å². The molecule has 0 N–H and O–H groups in total. The molecule has 9 heteroatoms. The Morgan fingerprint density at radius 2 is 1.79 bits per heavy atom. The van der Waals surface area contributed by atoms with E-state index in [1.807, 2.05) is 30.3 Å². The van der Waals surface area contributed by atoms with Crippen LogP contribution in [-0.4, -0.2) is 52.8 Å². The Bertz CT molecular complexity index is 960. The lowest BCUT2D eigenvalue weighted by molar-refractivity contribution is -0.146. The largest absolute Gasteiger partial charge is 0.493 e. The second-order valence-corrected chi connectivity index (χ2v) is 6.10. The molecule has 1 atom stereocenters. The Labute approximate surface area is 167 Å². The van der Waals surface area contributed by atoms with Gasteiger partial charge in [-0.25, -0.2) is 9.48 Å². The molecular formula is C20H20N4O5. The summed E-state index contributed by atoms with van der Waals surface area (Å²) >= 11 is 0. The number of carbonyl (C=O) groups excluding carboxylic acids is 2. The van der Waals surface area contributed by atoms with E-state index in [9.17, 15) is 9.59 Å². The zero-order valence-electron chi connectivity index (χ0n) is 16.0. The average molecular weight is 396 g/mol. The van der Waals surface area contributed by atoms with Crippen LogP contribution in [0.2, 0.25) is 0 Å². The fourth-order valence-corrected chi connectivity index (χ4v) is 2.76. The summed E-state index contributed by atoms with van der Waals surface area (Å²) in [5, 5.41) is 11.0. The fraction of sp³-hybridized carbons (Fsp3) is 0.250. The number of tetrazole rings is 1. The van der Waals surface area contributed by atoms with E-state index in [1.165, 1.54) is 31.3 Å². The zero-order chi connectivity index (χ0) is 20.6. The quantitative estimate of drug-likeness (QED) is 0.399. The van der Waals surface area contributed by atoms with Crippen molar-refractivity contribution < 1.29 is 23.8 Å². The summed E-state index contributed by atoms with van der Waals surface area (Å²) in [5.74, 6) is -0.0487. The van der Waals surface area contributed by atoms with E-state index in [0.29, 0.717) is 23.5 Å². The lowest BCUT2D eigenvalue weighted by Gasteiger charge is -2.15. The van der Waals surface area contributed by atoms with Crippen molar-refractivity contribution in [2.75, 3.05) is 20.8 Å². The second kappa shape index (κ2) is 9.45. The van der Waals surface area contributed by atoms with E-state index in [1.54, 1.807) is 12.1 Å². The maximum absolute atomic E-state index is 12.7. The van der Waals surface area contributed by atoms with E-state index in [4.69, 9.17) is 14.2 Å². The number of benzene rings is 2. The number of nitrogens with zero attached hydrogens (tertiary/aromatic N) is 4. The van der Waals surface area contributed by atoms with E-state index in [-0.39, 0.29) is 5.78 Å². The molecule has 3 aromatic rings. The molecular weight excluding hydrogens is 376 g/mol. The van der Waals surface area contributed by atoms with Crippen molar-refractivity contribution in [2.24, 2.45) is 0 Å². The summed E-state index contributed by atoms with van der Waals surface area (Å²) in [4.78, 5) is 25.1. The highest BCUT2D eigenvalue weighted by Crippen LogP contribution is 2.27. The molecule has 1 aromatic heterocycles. The normalized spacial score (nSPS) is 11.5. The molecule has 0 bridgehead atoms. The van der Waals surface area contributed by atoms with E-state index in [2.05, 4.69) is 15.5 Å². The summed E-state index contributed by atoms with van der Waals surface area (Å²) in [6, 6.07) is 13.4. The van der Waals surface area contributed by atoms with Crippen molar-refractivity contribution in [3.63, 3.8) is 0 Å². The summed E-state index contributed by atoms with van der Waals surface area (Å²) in [6.45, 7) is -0.415. The van der Waals surface area contributed by atoms with Gasteiger partial charge in [0.05, 0.1) is 14.2 Å². The summed E-state index contributed by atoms with van der Waals surface area (Å²) in [5.41, 5.74) is 1.26. The zero-order valence-corrected chi connectivity index (χ0v) is 16.0. The molecule has 0 aliphatic rings. The van der Waals surface area contributed by atoms with Crippen LogP contribution < -0.4 is 9.47 Å². The Hall–Kier alpha value is -3.75. The Kier molecular flexibility index (Phi) is 6.51. The van der Waals surface area contributed by atoms with Crippen LogP contribution in [0.1, 0.15) is 22.0 Å². The number of carbonyl (C=O) groups is 2. The molecule has 0 unspecified atom stereocenters. The highest BCUT2D eigenvalue weighted by Gasteiger charge is 2.25. The van der Waals surface area contributed by atoms with Crippen molar-refractivity contribution in [3.8, 4) is 11.5 Å². The minimum atomic E-state index is -0.786. The number of hydrogen-bond acceptors (Lipinski definition) is 8. The molecule has 2 aromatic carbocycles. The van der Waals surface area contributed by atoms with Crippen LogP contribution >= 0.6 is 0 Å². The molecule has 150 valence electrons. The molecule has 29 heavy (non-hydrogen) atoms. The van der Waals surface area contributed by atoms with E-state index < -0.39 is 18.6 Å². The molecule has 0 saturated heterocycles. The molecule has 0 saturated carbocycles. The minimum Gasteiger partial charge on any atom is -0.493 e. The molecule has 1 heterocycles. The number of Topliss-reactive ketones (excluding diaryl/α,β-unsaturated/α-hetero) is 1. The van der Waals surface area contributed by atoms with Gasteiger partial charge in [0.2, 0.25) is 0 Å². The number of hydrogen-bond donors (Lipinski definition) is 0. The van der Waals surface area contributed by atoms with E-state index >= 15 is 0 Å². The number of rotatable bonds is 9. The first-order chi connectivity index (χ1) is 14.1. The van der Waals surface area contributed by atoms with Gasteiger partial charge in [0, 0.05) is 12.0 Å². The monoisotopic (exact) mass is 396 g/mol. The van der Waals surface area contributed by atoms with Crippen LogP contribution in [0, 0.1) is 0 Å². The van der Waals surface area contributed by atoms with Gasteiger partial charge >= 0.3 is 5.97 Å². The van der Waals surface area contributed by atoms with Gasteiger partial charge in [0.25, 0.3) is 0 Å². The maximum Gasteiger partial charge on any atom is 0.331 e. The molecule has 0 amide bonds. The molecule has 0 aliphatic carbocycles.